The zero-order chi connectivity index (χ0) is 22.8. The molecule has 168 valence electrons. The van der Waals surface area contributed by atoms with E-state index in [-0.39, 0.29) is 24.9 Å². The summed E-state index contributed by atoms with van der Waals surface area (Å²) in [6, 6.07) is 10.3. The molecule has 1 N–H and O–H groups in total. The molecular formula is C22H27ClN2O5S. The minimum Gasteiger partial charge on any atom is -0.496 e. The molecule has 0 saturated heterocycles. The van der Waals surface area contributed by atoms with E-state index in [0.29, 0.717) is 22.9 Å². The monoisotopic (exact) mass is 466 g/mol. The van der Waals surface area contributed by atoms with Gasteiger partial charge in [0.25, 0.3) is 5.91 Å². The number of fused-ring (bicyclic) bond motifs is 1. The van der Waals surface area contributed by atoms with Gasteiger partial charge >= 0.3 is 0 Å². The quantitative estimate of drug-likeness (QED) is 0.699. The molecule has 1 aliphatic heterocycles. The molecule has 0 radical (unpaired) electrons. The zero-order valence-corrected chi connectivity index (χ0v) is 19.6. The van der Waals surface area contributed by atoms with Crippen LogP contribution in [0, 0.1) is 6.92 Å². The largest absolute Gasteiger partial charge is 0.496 e. The molecule has 3 rings (SSSR count). The lowest BCUT2D eigenvalue weighted by Gasteiger charge is -2.22. The Bertz CT molecular complexity index is 1070. The maximum absolute atomic E-state index is 13.1. The van der Waals surface area contributed by atoms with Crippen molar-refractivity contribution in [2.75, 3.05) is 24.2 Å². The van der Waals surface area contributed by atoms with Crippen LogP contribution in [0.25, 0.3) is 0 Å². The Morgan fingerprint density at radius 1 is 1.32 bits per heavy atom. The van der Waals surface area contributed by atoms with Crippen molar-refractivity contribution in [1.82, 2.24) is 5.32 Å². The van der Waals surface area contributed by atoms with Crippen LogP contribution >= 0.6 is 11.6 Å². The van der Waals surface area contributed by atoms with Crippen molar-refractivity contribution >= 4 is 33.2 Å². The van der Waals surface area contributed by atoms with E-state index in [9.17, 15) is 13.2 Å². The van der Waals surface area contributed by atoms with Gasteiger partial charge in [0.1, 0.15) is 11.5 Å². The number of ether oxygens (including phenoxy) is 2. The van der Waals surface area contributed by atoms with E-state index in [2.05, 4.69) is 5.32 Å². The second kappa shape index (κ2) is 9.36. The second-order valence-electron chi connectivity index (χ2n) is 7.54. The van der Waals surface area contributed by atoms with Crippen LogP contribution < -0.4 is 19.1 Å². The first kappa shape index (κ1) is 23.2. The van der Waals surface area contributed by atoms with E-state index in [4.69, 9.17) is 21.1 Å². The Hall–Kier alpha value is -2.45. The van der Waals surface area contributed by atoms with Crippen LogP contribution in [-0.2, 0) is 14.8 Å². The van der Waals surface area contributed by atoms with Gasteiger partial charge in [-0.05, 0) is 48.7 Å². The van der Waals surface area contributed by atoms with Crippen molar-refractivity contribution in [2.45, 2.75) is 38.8 Å². The number of carbonyl (C=O) groups excluding carboxylic acids is 1. The van der Waals surface area contributed by atoms with Gasteiger partial charge in [0.15, 0.2) is 6.10 Å². The fourth-order valence-corrected chi connectivity index (χ4v) is 4.79. The highest BCUT2D eigenvalue weighted by atomic mass is 35.5. The molecule has 0 aromatic heterocycles. The van der Waals surface area contributed by atoms with Gasteiger partial charge < -0.3 is 14.8 Å². The summed E-state index contributed by atoms with van der Waals surface area (Å²) < 4.78 is 37.1. The summed E-state index contributed by atoms with van der Waals surface area (Å²) >= 11 is 6.07. The first-order valence-electron chi connectivity index (χ1n) is 10.0. The molecule has 2 aromatic carbocycles. The molecule has 9 heteroatoms. The van der Waals surface area contributed by atoms with Gasteiger partial charge in [-0.2, -0.15) is 0 Å². The number of rotatable bonds is 6. The molecule has 0 fully saturated rings. The molecule has 1 aliphatic rings. The van der Waals surface area contributed by atoms with Crippen molar-refractivity contribution in [3.8, 4) is 11.5 Å². The Morgan fingerprint density at radius 3 is 2.68 bits per heavy atom. The third kappa shape index (κ3) is 5.25. The molecule has 1 amide bonds. The van der Waals surface area contributed by atoms with Gasteiger partial charge in [-0.25, -0.2) is 8.42 Å². The molecule has 0 spiro atoms. The van der Waals surface area contributed by atoms with Gasteiger partial charge in [0.05, 0.1) is 25.1 Å². The number of aryl methyl sites for hydroxylation is 1. The molecule has 0 unspecified atom stereocenters. The summed E-state index contributed by atoms with van der Waals surface area (Å²) in [5.74, 6) is 0.797. The summed E-state index contributed by atoms with van der Waals surface area (Å²) in [5, 5.41) is 3.43. The smallest absolute Gasteiger partial charge is 0.261 e. The standard InChI is InChI=1S/C22H27ClN2O5S/c1-5-17(15-6-8-19(29-3)14(2)12-15)24-22(26)21-10-11-25(31(4,27)28)18-13-16(23)7-9-20(18)30-21/h6-9,12-13,17,21H,5,10-11H2,1-4H3,(H,24,26)/t17-,21-/m1/s1. The van der Waals surface area contributed by atoms with Crippen LogP contribution in [0.15, 0.2) is 36.4 Å². The topological polar surface area (TPSA) is 84.9 Å². The molecule has 2 atom stereocenters. The molecule has 7 nitrogen and oxygen atoms in total. The highest BCUT2D eigenvalue weighted by Gasteiger charge is 2.32. The predicted octanol–water partition coefficient (Wildman–Crippen LogP) is 3.84. The number of nitrogens with zero attached hydrogens (tertiary/aromatic N) is 1. The number of benzene rings is 2. The number of methoxy groups -OCH3 is 1. The number of anilines is 1. The fraction of sp³-hybridized carbons (Fsp3) is 0.409. The van der Waals surface area contributed by atoms with Crippen LogP contribution in [-0.4, -0.2) is 40.3 Å². The SMILES string of the molecule is CC[C@@H](NC(=O)[C@H]1CCN(S(C)(=O)=O)c2cc(Cl)ccc2O1)c1ccc(OC)c(C)c1. The number of sulfonamides is 1. The van der Waals surface area contributed by atoms with Crippen LogP contribution in [0.4, 0.5) is 5.69 Å². The van der Waals surface area contributed by atoms with Gasteiger partial charge in [-0.3, -0.25) is 9.10 Å². The van der Waals surface area contributed by atoms with Crippen molar-refractivity contribution in [2.24, 2.45) is 0 Å². The van der Waals surface area contributed by atoms with Gasteiger partial charge in [0, 0.05) is 18.0 Å². The van der Waals surface area contributed by atoms with Gasteiger partial charge in [-0.1, -0.05) is 30.7 Å². The van der Waals surface area contributed by atoms with Gasteiger partial charge in [0.2, 0.25) is 10.0 Å². The van der Waals surface area contributed by atoms with E-state index < -0.39 is 16.1 Å². The zero-order valence-electron chi connectivity index (χ0n) is 18.0. The van der Waals surface area contributed by atoms with E-state index in [1.54, 1.807) is 19.2 Å². The molecule has 0 aliphatic carbocycles. The summed E-state index contributed by atoms with van der Waals surface area (Å²) in [6.45, 7) is 4.05. The fourth-order valence-electron chi connectivity index (χ4n) is 3.69. The summed E-state index contributed by atoms with van der Waals surface area (Å²) in [7, 11) is -1.94. The number of halogens is 1. The van der Waals surface area contributed by atoms with E-state index in [1.165, 1.54) is 10.4 Å². The Kier molecular flexibility index (Phi) is 7.01. The number of amides is 1. The highest BCUT2D eigenvalue weighted by Crippen LogP contribution is 2.36. The third-order valence-electron chi connectivity index (χ3n) is 5.29. The molecule has 0 saturated carbocycles. The maximum atomic E-state index is 13.1. The number of carbonyl (C=O) groups is 1. The minimum absolute atomic E-state index is 0.114. The third-order valence-corrected chi connectivity index (χ3v) is 6.71. The maximum Gasteiger partial charge on any atom is 0.261 e. The Labute approximate surface area is 188 Å². The lowest BCUT2D eigenvalue weighted by atomic mass is 10.0. The molecule has 31 heavy (non-hydrogen) atoms. The van der Waals surface area contributed by atoms with Gasteiger partial charge in [-0.15, -0.1) is 0 Å². The molecule has 1 heterocycles. The van der Waals surface area contributed by atoms with Crippen LogP contribution in [0.2, 0.25) is 5.02 Å². The van der Waals surface area contributed by atoms with Crippen LogP contribution in [0.1, 0.15) is 36.9 Å². The summed E-state index contributed by atoms with van der Waals surface area (Å²) in [6.07, 6.45) is 1.19. The summed E-state index contributed by atoms with van der Waals surface area (Å²) in [5.41, 5.74) is 2.28. The molecular weight excluding hydrogens is 440 g/mol. The lowest BCUT2D eigenvalue weighted by Crippen LogP contribution is -2.41. The average Bonchev–Trinajstić information content (AvgIpc) is 2.91. The van der Waals surface area contributed by atoms with E-state index in [1.807, 2.05) is 32.0 Å². The predicted molar refractivity (Wildman–Crippen MR) is 122 cm³/mol. The first-order chi connectivity index (χ1) is 14.6. The number of nitrogens with one attached hydrogen (secondary N) is 1. The van der Waals surface area contributed by atoms with E-state index in [0.717, 1.165) is 23.1 Å². The summed E-state index contributed by atoms with van der Waals surface area (Å²) in [4.78, 5) is 13.1. The van der Waals surface area contributed by atoms with Crippen molar-refractivity contribution in [3.63, 3.8) is 0 Å². The highest BCUT2D eigenvalue weighted by molar-refractivity contribution is 7.92. The van der Waals surface area contributed by atoms with Crippen molar-refractivity contribution in [1.29, 1.82) is 0 Å². The first-order valence-corrected chi connectivity index (χ1v) is 12.3. The number of hydrogen-bond donors (Lipinski definition) is 1. The lowest BCUT2D eigenvalue weighted by molar-refractivity contribution is -0.128. The Balaban J connectivity index is 1.83. The van der Waals surface area contributed by atoms with Crippen molar-refractivity contribution in [3.05, 3.63) is 52.5 Å². The Morgan fingerprint density at radius 2 is 2.06 bits per heavy atom. The van der Waals surface area contributed by atoms with Crippen LogP contribution in [0.3, 0.4) is 0 Å². The molecule has 2 aromatic rings. The minimum atomic E-state index is -3.56. The number of hydrogen-bond acceptors (Lipinski definition) is 5. The normalized spacial score (nSPS) is 17.2. The van der Waals surface area contributed by atoms with E-state index >= 15 is 0 Å². The average molecular weight is 467 g/mol. The van der Waals surface area contributed by atoms with Crippen LogP contribution in [0.5, 0.6) is 11.5 Å². The second-order valence-corrected chi connectivity index (χ2v) is 9.88. The van der Waals surface area contributed by atoms with Crippen molar-refractivity contribution < 1.29 is 22.7 Å². The molecule has 0 bridgehead atoms.